The number of phenols is 2. The van der Waals surface area contributed by atoms with Crippen molar-refractivity contribution in [1.29, 1.82) is 0 Å². The first-order chi connectivity index (χ1) is 13.5. The Hall–Kier alpha value is -3.51. The lowest BCUT2D eigenvalue weighted by atomic mass is 10.2. The maximum absolute atomic E-state index is 12.0. The third-order valence-corrected chi connectivity index (χ3v) is 3.95. The molecular weight excluding hydrogens is 380 g/mol. The zero-order valence-corrected chi connectivity index (χ0v) is 15.4. The summed E-state index contributed by atoms with van der Waals surface area (Å²) in [5, 5.41) is 23.3. The van der Waals surface area contributed by atoms with E-state index >= 15 is 0 Å². The van der Waals surface area contributed by atoms with E-state index in [1.54, 1.807) is 30.3 Å². The molecule has 0 saturated carbocycles. The summed E-state index contributed by atoms with van der Waals surface area (Å²) in [7, 11) is 0. The molecule has 3 aromatic rings. The molecule has 0 atom stereocenters. The second-order valence-electron chi connectivity index (χ2n) is 5.92. The van der Waals surface area contributed by atoms with Crippen molar-refractivity contribution in [1.82, 2.24) is 5.43 Å². The van der Waals surface area contributed by atoms with Gasteiger partial charge in [-0.2, -0.15) is 5.10 Å². The highest BCUT2D eigenvalue weighted by Gasteiger charge is 2.07. The molecule has 28 heavy (non-hydrogen) atoms. The fraction of sp³-hybridized carbons (Fsp3) is 0.0476. The predicted molar refractivity (Wildman–Crippen MR) is 107 cm³/mol. The summed E-state index contributed by atoms with van der Waals surface area (Å²) in [5.74, 6) is -0.273. The number of hydrogen-bond acceptors (Lipinski definition) is 5. The van der Waals surface area contributed by atoms with Gasteiger partial charge in [-0.3, -0.25) is 4.79 Å². The lowest BCUT2D eigenvalue weighted by Crippen LogP contribution is -2.17. The molecule has 0 aliphatic rings. The fourth-order valence-corrected chi connectivity index (χ4v) is 2.61. The van der Waals surface area contributed by atoms with Crippen molar-refractivity contribution in [2.24, 2.45) is 5.10 Å². The molecule has 142 valence electrons. The molecule has 0 aromatic heterocycles. The summed E-state index contributed by atoms with van der Waals surface area (Å²) < 4.78 is 5.70. The maximum atomic E-state index is 12.0. The third kappa shape index (κ3) is 5.49. The molecule has 3 aromatic carbocycles. The smallest absolute Gasteiger partial charge is 0.271 e. The van der Waals surface area contributed by atoms with Crippen LogP contribution in [0.4, 0.5) is 0 Å². The first kappa shape index (κ1) is 19.3. The van der Waals surface area contributed by atoms with Gasteiger partial charge in [0.05, 0.1) is 6.21 Å². The van der Waals surface area contributed by atoms with Gasteiger partial charge in [-0.25, -0.2) is 5.43 Å². The lowest BCUT2D eigenvalue weighted by Gasteiger charge is -2.07. The summed E-state index contributed by atoms with van der Waals surface area (Å²) in [6.45, 7) is 0.404. The summed E-state index contributed by atoms with van der Waals surface area (Å²) in [6, 6.07) is 18.2. The number of rotatable bonds is 6. The lowest BCUT2D eigenvalue weighted by molar-refractivity contribution is 0.0954. The Labute approximate surface area is 166 Å². The quantitative estimate of drug-likeness (QED) is 0.432. The van der Waals surface area contributed by atoms with E-state index in [1.165, 1.54) is 18.3 Å². The number of aromatic hydroxyl groups is 2. The van der Waals surface area contributed by atoms with Gasteiger partial charge in [0.2, 0.25) is 0 Å². The van der Waals surface area contributed by atoms with Crippen molar-refractivity contribution in [3.05, 3.63) is 88.4 Å². The molecule has 0 radical (unpaired) electrons. The molecule has 7 heteroatoms. The van der Waals surface area contributed by atoms with Crippen LogP contribution in [0.1, 0.15) is 21.5 Å². The number of carbonyl (C=O) groups is 1. The minimum Gasteiger partial charge on any atom is -0.508 e. The molecule has 0 bridgehead atoms. The van der Waals surface area contributed by atoms with E-state index in [2.05, 4.69) is 10.5 Å². The van der Waals surface area contributed by atoms with Crippen molar-refractivity contribution < 1.29 is 19.7 Å². The minimum absolute atomic E-state index is 0.0967. The maximum Gasteiger partial charge on any atom is 0.271 e. The molecular formula is C21H17ClN2O4. The Morgan fingerprint density at radius 1 is 1.04 bits per heavy atom. The van der Waals surface area contributed by atoms with E-state index in [0.717, 1.165) is 17.2 Å². The normalized spacial score (nSPS) is 10.8. The van der Waals surface area contributed by atoms with Crippen LogP contribution in [0.2, 0.25) is 5.02 Å². The van der Waals surface area contributed by atoms with Gasteiger partial charge in [0.15, 0.2) is 0 Å². The molecule has 0 fully saturated rings. The van der Waals surface area contributed by atoms with Crippen molar-refractivity contribution >= 4 is 23.7 Å². The minimum atomic E-state index is -0.552. The zero-order chi connectivity index (χ0) is 19.9. The second-order valence-corrected chi connectivity index (χ2v) is 6.36. The van der Waals surface area contributed by atoms with E-state index in [4.69, 9.17) is 16.3 Å². The van der Waals surface area contributed by atoms with Crippen molar-refractivity contribution in [3.63, 3.8) is 0 Å². The zero-order valence-electron chi connectivity index (χ0n) is 14.7. The number of phenolic OH excluding ortho intramolecular Hbond substituents is 2. The molecule has 0 saturated heterocycles. The molecule has 0 aliphatic heterocycles. The van der Waals surface area contributed by atoms with Crippen molar-refractivity contribution in [3.8, 4) is 17.2 Å². The highest BCUT2D eigenvalue weighted by molar-refractivity contribution is 6.30. The Kier molecular flexibility index (Phi) is 6.14. The second kappa shape index (κ2) is 8.92. The predicted octanol–water partition coefficient (Wildman–Crippen LogP) is 4.09. The van der Waals surface area contributed by atoms with E-state index in [9.17, 15) is 15.0 Å². The molecule has 3 N–H and O–H groups in total. The van der Waals surface area contributed by atoms with Crippen LogP contribution in [0.3, 0.4) is 0 Å². The monoisotopic (exact) mass is 396 g/mol. The summed E-state index contributed by atoms with van der Waals surface area (Å²) in [6.07, 6.45) is 1.47. The number of ether oxygens (including phenoxy) is 1. The van der Waals surface area contributed by atoms with Gasteiger partial charge < -0.3 is 14.9 Å². The Bertz CT molecular complexity index is 983. The van der Waals surface area contributed by atoms with Gasteiger partial charge in [-0.1, -0.05) is 23.7 Å². The first-order valence-electron chi connectivity index (χ1n) is 8.33. The average Bonchev–Trinajstić information content (AvgIpc) is 2.66. The number of hydrazone groups is 1. The first-order valence-corrected chi connectivity index (χ1v) is 8.71. The van der Waals surface area contributed by atoms with Crippen LogP contribution < -0.4 is 10.2 Å². The Morgan fingerprint density at radius 3 is 2.43 bits per heavy atom. The molecule has 6 nitrogen and oxygen atoms in total. The van der Waals surface area contributed by atoms with Crippen LogP contribution >= 0.6 is 11.6 Å². The van der Waals surface area contributed by atoms with Gasteiger partial charge in [-0.15, -0.1) is 0 Å². The highest BCUT2D eigenvalue weighted by Crippen LogP contribution is 2.20. The number of amides is 1. The topological polar surface area (TPSA) is 91.2 Å². The number of benzene rings is 3. The van der Waals surface area contributed by atoms with E-state index < -0.39 is 5.91 Å². The van der Waals surface area contributed by atoms with Crippen molar-refractivity contribution in [2.75, 3.05) is 0 Å². The Morgan fingerprint density at radius 2 is 1.75 bits per heavy atom. The van der Waals surface area contributed by atoms with Crippen LogP contribution in [0.5, 0.6) is 17.2 Å². The molecule has 0 heterocycles. The van der Waals surface area contributed by atoms with E-state index in [1.807, 2.05) is 18.2 Å². The average molecular weight is 397 g/mol. The van der Waals surface area contributed by atoms with E-state index in [-0.39, 0.29) is 17.1 Å². The van der Waals surface area contributed by atoms with Crippen LogP contribution in [-0.2, 0) is 6.61 Å². The number of carbonyl (C=O) groups excluding carboxylic acids is 1. The van der Waals surface area contributed by atoms with Crippen LogP contribution in [-0.4, -0.2) is 22.3 Å². The van der Waals surface area contributed by atoms with Crippen LogP contribution in [0, 0.1) is 0 Å². The fourth-order valence-electron chi connectivity index (χ4n) is 2.40. The van der Waals surface area contributed by atoms with Crippen molar-refractivity contribution in [2.45, 2.75) is 6.61 Å². The summed E-state index contributed by atoms with van der Waals surface area (Å²) in [4.78, 5) is 12.0. The third-order valence-electron chi connectivity index (χ3n) is 3.72. The van der Waals surface area contributed by atoms with Gasteiger partial charge in [0.1, 0.15) is 23.9 Å². The van der Waals surface area contributed by atoms with Gasteiger partial charge in [-0.05, 0) is 59.7 Å². The summed E-state index contributed by atoms with van der Waals surface area (Å²) >= 11 is 5.95. The Balaban J connectivity index is 1.54. The van der Waals surface area contributed by atoms with Gasteiger partial charge >= 0.3 is 0 Å². The van der Waals surface area contributed by atoms with Gasteiger partial charge in [0, 0.05) is 16.7 Å². The molecule has 1 amide bonds. The number of hydrogen-bond donors (Lipinski definition) is 3. The standard InChI is InChI=1S/C21H17ClN2O4/c22-17-3-1-2-15(8-17)13-28-20-6-4-14(5-7-20)12-23-24-21(27)16-9-18(25)11-19(26)10-16/h1-12,25-26H,13H2,(H,24,27). The van der Waals surface area contributed by atoms with Crippen LogP contribution in [0.15, 0.2) is 71.8 Å². The molecule has 0 aliphatic carbocycles. The van der Waals surface area contributed by atoms with E-state index in [0.29, 0.717) is 17.4 Å². The molecule has 0 spiro atoms. The molecule has 0 unspecified atom stereocenters. The largest absolute Gasteiger partial charge is 0.508 e. The van der Waals surface area contributed by atoms with Crippen LogP contribution in [0.25, 0.3) is 0 Å². The van der Waals surface area contributed by atoms with Gasteiger partial charge in [0.25, 0.3) is 5.91 Å². The number of nitrogens with one attached hydrogen (secondary N) is 1. The summed E-state index contributed by atoms with van der Waals surface area (Å²) in [5.41, 5.74) is 4.16. The number of halogens is 1. The SMILES string of the molecule is O=C(NN=Cc1ccc(OCc2cccc(Cl)c2)cc1)c1cc(O)cc(O)c1. The highest BCUT2D eigenvalue weighted by atomic mass is 35.5. The number of nitrogens with zero attached hydrogens (tertiary/aromatic N) is 1. The molecule has 3 rings (SSSR count).